The van der Waals surface area contributed by atoms with Crippen molar-refractivity contribution in [3.63, 3.8) is 0 Å². The summed E-state index contributed by atoms with van der Waals surface area (Å²) in [5, 5.41) is 7.14. The average molecular weight is 498 g/mol. The number of aromatic nitrogens is 2. The first kappa shape index (κ1) is 24.5. The van der Waals surface area contributed by atoms with Crippen LogP contribution in [0.4, 0.5) is 27.7 Å². The van der Waals surface area contributed by atoms with E-state index < -0.39 is 11.7 Å². The number of benzene rings is 3. The molecule has 0 atom stereocenters. The van der Waals surface area contributed by atoms with Gasteiger partial charge in [-0.2, -0.15) is 0 Å². The van der Waals surface area contributed by atoms with E-state index in [-0.39, 0.29) is 0 Å². The average Bonchev–Trinajstić information content (AvgIpc) is 2.89. The number of carbonyl (C=O) groups is 1. The summed E-state index contributed by atoms with van der Waals surface area (Å²) in [6.07, 6.45) is 1.10. The van der Waals surface area contributed by atoms with Crippen LogP contribution in [0.3, 0.4) is 0 Å². The first-order valence-corrected chi connectivity index (χ1v) is 12.4. The van der Waals surface area contributed by atoms with Crippen LogP contribution >= 0.6 is 0 Å². The third-order valence-corrected chi connectivity index (χ3v) is 6.01. The number of rotatable bonds is 5. The summed E-state index contributed by atoms with van der Waals surface area (Å²) in [6, 6.07) is 22.1. The molecule has 4 aromatic rings. The number of morpholine rings is 1. The molecular formula is C29H31N5O3. The number of hydrogen-bond acceptors (Lipinski definition) is 7. The molecule has 8 nitrogen and oxygen atoms in total. The van der Waals surface area contributed by atoms with Gasteiger partial charge < -0.3 is 19.7 Å². The third-order valence-electron chi connectivity index (χ3n) is 6.01. The minimum atomic E-state index is -0.548. The van der Waals surface area contributed by atoms with Gasteiger partial charge in [0, 0.05) is 35.5 Å². The summed E-state index contributed by atoms with van der Waals surface area (Å²) in [6.45, 7) is 8.85. The Morgan fingerprint density at radius 1 is 0.892 bits per heavy atom. The minimum Gasteiger partial charge on any atom is -0.444 e. The van der Waals surface area contributed by atoms with E-state index in [1.165, 1.54) is 5.69 Å². The Morgan fingerprint density at radius 2 is 1.57 bits per heavy atom. The van der Waals surface area contributed by atoms with Gasteiger partial charge in [0.2, 0.25) is 0 Å². The van der Waals surface area contributed by atoms with Gasteiger partial charge in [0.1, 0.15) is 17.7 Å². The fraction of sp³-hybridized carbons (Fsp3) is 0.276. The van der Waals surface area contributed by atoms with Crippen LogP contribution in [0, 0.1) is 0 Å². The number of fused-ring (bicyclic) bond motifs is 1. The lowest BCUT2D eigenvalue weighted by Gasteiger charge is -2.28. The molecule has 3 aromatic carbocycles. The summed E-state index contributed by atoms with van der Waals surface area (Å²) >= 11 is 0. The van der Waals surface area contributed by atoms with Crippen LogP contribution in [-0.4, -0.2) is 48.0 Å². The number of anilines is 4. The zero-order valence-corrected chi connectivity index (χ0v) is 21.3. The number of hydrogen-bond donors (Lipinski definition) is 2. The monoisotopic (exact) mass is 497 g/mol. The van der Waals surface area contributed by atoms with E-state index in [1.54, 1.807) is 6.33 Å². The van der Waals surface area contributed by atoms with Crippen LogP contribution in [0.1, 0.15) is 20.8 Å². The van der Waals surface area contributed by atoms with Crippen molar-refractivity contribution in [3.05, 3.63) is 73.1 Å². The first-order chi connectivity index (χ1) is 17.8. The molecule has 0 spiro atoms. The predicted molar refractivity (Wildman–Crippen MR) is 148 cm³/mol. The van der Waals surface area contributed by atoms with Crippen LogP contribution < -0.4 is 15.5 Å². The molecule has 5 rings (SSSR count). The van der Waals surface area contributed by atoms with Crippen molar-refractivity contribution in [2.24, 2.45) is 0 Å². The molecule has 0 aliphatic carbocycles. The van der Waals surface area contributed by atoms with Crippen molar-refractivity contribution >= 4 is 39.9 Å². The van der Waals surface area contributed by atoms with Crippen molar-refractivity contribution in [2.45, 2.75) is 26.4 Å². The second-order valence-electron chi connectivity index (χ2n) is 9.93. The molecule has 1 aliphatic heterocycles. The van der Waals surface area contributed by atoms with Crippen LogP contribution in [-0.2, 0) is 9.47 Å². The molecule has 1 amide bonds. The zero-order chi connectivity index (χ0) is 25.8. The Labute approximate surface area is 216 Å². The van der Waals surface area contributed by atoms with E-state index >= 15 is 0 Å². The van der Waals surface area contributed by atoms with Crippen molar-refractivity contribution in [3.8, 4) is 11.1 Å². The van der Waals surface area contributed by atoms with Crippen LogP contribution in [0.2, 0.25) is 0 Å². The third kappa shape index (κ3) is 6.16. The second-order valence-corrected chi connectivity index (χ2v) is 9.93. The van der Waals surface area contributed by atoms with Crippen molar-refractivity contribution in [1.29, 1.82) is 0 Å². The topological polar surface area (TPSA) is 88.6 Å². The molecule has 37 heavy (non-hydrogen) atoms. The molecule has 2 N–H and O–H groups in total. The van der Waals surface area contributed by atoms with Crippen LogP contribution in [0.25, 0.3) is 22.0 Å². The summed E-state index contributed by atoms with van der Waals surface area (Å²) in [7, 11) is 0. The smallest absolute Gasteiger partial charge is 0.412 e. The fourth-order valence-electron chi connectivity index (χ4n) is 4.22. The highest BCUT2D eigenvalue weighted by Crippen LogP contribution is 2.30. The lowest BCUT2D eigenvalue weighted by atomic mass is 10.0. The molecule has 2 heterocycles. The molecule has 1 aromatic heterocycles. The van der Waals surface area contributed by atoms with Gasteiger partial charge in [0.15, 0.2) is 0 Å². The van der Waals surface area contributed by atoms with Crippen LogP contribution in [0.5, 0.6) is 0 Å². The predicted octanol–water partition coefficient (Wildman–Crippen LogP) is 6.22. The molecule has 1 fully saturated rings. The van der Waals surface area contributed by atoms with E-state index in [0.717, 1.165) is 59.8 Å². The van der Waals surface area contributed by atoms with E-state index in [0.29, 0.717) is 5.69 Å². The number of nitrogens with one attached hydrogen (secondary N) is 2. The maximum absolute atomic E-state index is 12.1. The molecule has 8 heteroatoms. The largest absolute Gasteiger partial charge is 0.444 e. The van der Waals surface area contributed by atoms with Gasteiger partial charge in [-0.05, 0) is 80.4 Å². The highest BCUT2D eigenvalue weighted by atomic mass is 16.6. The highest BCUT2D eigenvalue weighted by molar-refractivity contribution is 5.94. The van der Waals surface area contributed by atoms with E-state index in [4.69, 9.17) is 9.47 Å². The summed E-state index contributed by atoms with van der Waals surface area (Å²) in [4.78, 5) is 23.3. The number of ether oxygens (including phenoxy) is 2. The normalized spacial score (nSPS) is 13.9. The van der Waals surface area contributed by atoms with Gasteiger partial charge in [0.05, 0.1) is 18.7 Å². The molecule has 1 aliphatic rings. The van der Waals surface area contributed by atoms with Crippen LogP contribution in [0.15, 0.2) is 73.1 Å². The molecule has 0 saturated carbocycles. The van der Waals surface area contributed by atoms with Crippen molar-refractivity contribution < 1.29 is 14.3 Å². The quantitative estimate of drug-likeness (QED) is 0.338. The maximum atomic E-state index is 12.1. The maximum Gasteiger partial charge on any atom is 0.412 e. The Bertz CT molecular complexity index is 1380. The molecule has 1 saturated heterocycles. The Morgan fingerprint density at radius 3 is 2.27 bits per heavy atom. The Kier molecular flexibility index (Phi) is 6.92. The number of nitrogens with zero attached hydrogens (tertiary/aromatic N) is 3. The highest BCUT2D eigenvalue weighted by Gasteiger charge is 2.16. The first-order valence-electron chi connectivity index (χ1n) is 12.4. The van der Waals surface area contributed by atoms with Gasteiger partial charge in [-0.15, -0.1) is 0 Å². The Balaban J connectivity index is 1.33. The fourth-order valence-corrected chi connectivity index (χ4v) is 4.22. The van der Waals surface area contributed by atoms with Crippen molar-refractivity contribution in [1.82, 2.24) is 9.97 Å². The molecule has 0 unspecified atom stereocenters. The van der Waals surface area contributed by atoms with E-state index in [1.807, 2.05) is 57.2 Å². The standard InChI is InChI=1S/C29H31N5O3/c1-29(2,3)37-28(35)33-23-7-4-20(5-8-23)21-6-13-26-25(18-21)27(31-19-30-26)32-22-9-11-24(12-10-22)34-14-16-36-17-15-34/h4-13,18-19H,14-17H2,1-3H3,(H,33,35)(H,30,31,32). The van der Waals surface area contributed by atoms with Gasteiger partial charge in [0.25, 0.3) is 0 Å². The SMILES string of the molecule is CC(C)(C)OC(=O)Nc1ccc(-c2ccc3ncnc(Nc4ccc(N5CCOCC5)cc4)c3c2)cc1. The van der Waals surface area contributed by atoms with Gasteiger partial charge in [-0.1, -0.05) is 18.2 Å². The van der Waals surface area contributed by atoms with Gasteiger partial charge in [-0.3, -0.25) is 5.32 Å². The molecular weight excluding hydrogens is 466 g/mol. The van der Waals surface area contributed by atoms with Gasteiger partial charge >= 0.3 is 6.09 Å². The number of amides is 1. The second kappa shape index (κ2) is 10.4. The molecule has 0 radical (unpaired) electrons. The van der Waals surface area contributed by atoms with Gasteiger partial charge in [-0.25, -0.2) is 14.8 Å². The molecule has 0 bridgehead atoms. The van der Waals surface area contributed by atoms with E-state index in [9.17, 15) is 4.79 Å². The zero-order valence-electron chi connectivity index (χ0n) is 21.3. The lowest BCUT2D eigenvalue weighted by molar-refractivity contribution is 0.0636. The van der Waals surface area contributed by atoms with Crippen molar-refractivity contribution in [2.75, 3.05) is 41.8 Å². The van der Waals surface area contributed by atoms with E-state index in [2.05, 4.69) is 55.8 Å². The summed E-state index contributed by atoms with van der Waals surface area (Å²) in [5.74, 6) is 0.745. The number of carbonyl (C=O) groups excluding carboxylic acids is 1. The summed E-state index contributed by atoms with van der Waals surface area (Å²) in [5.41, 5.74) is 5.17. The molecule has 190 valence electrons. The lowest BCUT2D eigenvalue weighted by Crippen LogP contribution is -2.36. The minimum absolute atomic E-state index is 0.475. The summed E-state index contributed by atoms with van der Waals surface area (Å²) < 4.78 is 10.8. The Hall–Kier alpha value is -4.17.